The standard InChI is InChI=1S/C15H19BrN2/c1-18-9-13(16)11-5-4-6-12(14(11)18)15(10-17)7-2-3-8-15/h4-6,9H,2-3,7-8,10,17H2,1H3. The molecule has 0 saturated heterocycles. The average molecular weight is 307 g/mol. The van der Waals surface area contributed by atoms with Crippen LogP contribution in [0.5, 0.6) is 0 Å². The van der Waals surface area contributed by atoms with E-state index in [0.717, 1.165) is 6.54 Å². The minimum absolute atomic E-state index is 0.199. The zero-order valence-electron chi connectivity index (χ0n) is 10.7. The minimum atomic E-state index is 0.199. The van der Waals surface area contributed by atoms with E-state index in [9.17, 15) is 0 Å². The van der Waals surface area contributed by atoms with E-state index in [4.69, 9.17) is 5.73 Å². The van der Waals surface area contributed by atoms with Crippen LogP contribution in [-0.2, 0) is 12.5 Å². The highest BCUT2D eigenvalue weighted by Crippen LogP contribution is 2.44. The van der Waals surface area contributed by atoms with Crippen molar-refractivity contribution in [1.82, 2.24) is 4.57 Å². The van der Waals surface area contributed by atoms with Crippen molar-refractivity contribution in [3.05, 3.63) is 34.4 Å². The van der Waals surface area contributed by atoms with Crippen molar-refractivity contribution in [2.45, 2.75) is 31.1 Å². The van der Waals surface area contributed by atoms with Gasteiger partial charge in [-0.3, -0.25) is 0 Å². The van der Waals surface area contributed by atoms with Crippen LogP contribution in [0, 0.1) is 0 Å². The molecule has 1 aromatic heterocycles. The Hall–Kier alpha value is -0.800. The van der Waals surface area contributed by atoms with E-state index >= 15 is 0 Å². The first-order valence-corrected chi connectivity index (χ1v) is 7.41. The summed E-state index contributed by atoms with van der Waals surface area (Å²) in [4.78, 5) is 0. The molecule has 1 aromatic carbocycles. The fourth-order valence-electron chi connectivity index (χ4n) is 3.48. The molecule has 0 amide bonds. The van der Waals surface area contributed by atoms with Gasteiger partial charge in [0.1, 0.15) is 0 Å². The van der Waals surface area contributed by atoms with Crippen LogP contribution in [0.4, 0.5) is 0 Å². The molecule has 0 aliphatic heterocycles. The lowest BCUT2D eigenvalue weighted by Gasteiger charge is -2.29. The normalized spacial score (nSPS) is 18.6. The third-order valence-corrected chi connectivity index (χ3v) is 5.11. The van der Waals surface area contributed by atoms with E-state index in [2.05, 4.69) is 51.9 Å². The quantitative estimate of drug-likeness (QED) is 0.901. The SMILES string of the molecule is Cn1cc(Br)c2cccc(C3(CN)CCCC3)c21. The Labute approximate surface area is 116 Å². The number of rotatable bonds is 2. The maximum atomic E-state index is 6.13. The van der Waals surface area contributed by atoms with Crippen LogP contribution >= 0.6 is 15.9 Å². The van der Waals surface area contributed by atoms with Crippen LogP contribution in [0.15, 0.2) is 28.9 Å². The van der Waals surface area contributed by atoms with Gasteiger partial charge in [-0.15, -0.1) is 0 Å². The third-order valence-electron chi connectivity index (χ3n) is 4.48. The van der Waals surface area contributed by atoms with Gasteiger partial charge < -0.3 is 10.3 Å². The Morgan fingerprint density at radius 2 is 2.06 bits per heavy atom. The molecule has 2 nitrogen and oxygen atoms in total. The van der Waals surface area contributed by atoms with Gasteiger partial charge in [0.2, 0.25) is 0 Å². The number of benzene rings is 1. The molecule has 3 heteroatoms. The van der Waals surface area contributed by atoms with E-state index in [1.54, 1.807) is 0 Å². The summed E-state index contributed by atoms with van der Waals surface area (Å²) >= 11 is 3.65. The van der Waals surface area contributed by atoms with Gasteiger partial charge in [0, 0.05) is 35.1 Å². The van der Waals surface area contributed by atoms with Gasteiger partial charge in [0.05, 0.1) is 5.52 Å². The predicted octanol–water partition coefficient (Wildman–Crippen LogP) is 3.71. The highest BCUT2D eigenvalue weighted by molar-refractivity contribution is 9.10. The van der Waals surface area contributed by atoms with Crippen LogP contribution in [0.25, 0.3) is 10.9 Å². The molecule has 96 valence electrons. The smallest absolute Gasteiger partial charge is 0.0528 e. The van der Waals surface area contributed by atoms with E-state index in [-0.39, 0.29) is 5.41 Å². The van der Waals surface area contributed by atoms with Crippen molar-refractivity contribution in [2.24, 2.45) is 12.8 Å². The number of hydrogen-bond acceptors (Lipinski definition) is 1. The molecule has 0 unspecified atom stereocenters. The molecule has 0 spiro atoms. The maximum Gasteiger partial charge on any atom is 0.0528 e. The number of aryl methyl sites for hydroxylation is 1. The van der Waals surface area contributed by atoms with Gasteiger partial charge >= 0.3 is 0 Å². The molecule has 2 N–H and O–H groups in total. The van der Waals surface area contributed by atoms with Crippen LogP contribution in [-0.4, -0.2) is 11.1 Å². The summed E-state index contributed by atoms with van der Waals surface area (Å²) in [6.07, 6.45) is 7.21. The fraction of sp³-hybridized carbons (Fsp3) is 0.467. The average Bonchev–Trinajstić information content (AvgIpc) is 2.97. The Bertz CT molecular complexity index is 579. The number of aromatic nitrogens is 1. The molecule has 1 aliphatic carbocycles. The highest BCUT2D eigenvalue weighted by atomic mass is 79.9. The van der Waals surface area contributed by atoms with Gasteiger partial charge in [-0.2, -0.15) is 0 Å². The molecule has 1 aliphatic rings. The number of halogens is 1. The molecule has 3 rings (SSSR count). The molecule has 1 heterocycles. The first-order chi connectivity index (χ1) is 8.68. The van der Waals surface area contributed by atoms with E-state index < -0.39 is 0 Å². The number of fused-ring (bicyclic) bond motifs is 1. The Kier molecular flexibility index (Phi) is 2.99. The van der Waals surface area contributed by atoms with Crippen molar-refractivity contribution in [1.29, 1.82) is 0 Å². The third kappa shape index (κ3) is 1.64. The number of para-hydroxylation sites is 1. The van der Waals surface area contributed by atoms with Crippen molar-refractivity contribution in [2.75, 3.05) is 6.54 Å². The van der Waals surface area contributed by atoms with Crippen molar-refractivity contribution < 1.29 is 0 Å². The molecule has 1 fully saturated rings. The first-order valence-electron chi connectivity index (χ1n) is 6.62. The summed E-state index contributed by atoms with van der Waals surface area (Å²) in [5, 5.41) is 1.30. The topological polar surface area (TPSA) is 30.9 Å². The summed E-state index contributed by atoms with van der Waals surface area (Å²) in [6.45, 7) is 0.759. The summed E-state index contributed by atoms with van der Waals surface area (Å²) < 4.78 is 3.40. The molecule has 0 radical (unpaired) electrons. The van der Waals surface area contributed by atoms with Gasteiger partial charge in [0.15, 0.2) is 0 Å². The summed E-state index contributed by atoms with van der Waals surface area (Å²) in [5.74, 6) is 0. The van der Waals surface area contributed by atoms with Crippen molar-refractivity contribution >= 4 is 26.8 Å². The summed E-state index contributed by atoms with van der Waals surface area (Å²) in [6, 6.07) is 6.62. The molecule has 0 atom stereocenters. The van der Waals surface area contributed by atoms with Crippen LogP contribution in [0.1, 0.15) is 31.2 Å². The zero-order chi connectivity index (χ0) is 12.8. The van der Waals surface area contributed by atoms with E-state index in [0.29, 0.717) is 0 Å². The second kappa shape index (κ2) is 4.39. The molecular weight excluding hydrogens is 288 g/mol. The zero-order valence-corrected chi connectivity index (χ0v) is 12.3. The Morgan fingerprint density at radius 1 is 1.33 bits per heavy atom. The van der Waals surface area contributed by atoms with E-state index in [1.165, 1.54) is 46.6 Å². The van der Waals surface area contributed by atoms with Crippen molar-refractivity contribution in [3.63, 3.8) is 0 Å². The van der Waals surface area contributed by atoms with Gasteiger partial charge in [-0.05, 0) is 34.3 Å². The van der Waals surface area contributed by atoms with Gasteiger partial charge in [0.25, 0.3) is 0 Å². The molecule has 0 bridgehead atoms. The second-order valence-electron chi connectivity index (χ2n) is 5.48. The minimum Gasteiger partial charge on any atom is -0.349 e. The van der Waals surface area contributed by atoms with E-state index in [1.807, 2.05) is 0 Å². The lowest BCUT2D eigenvalue weighted by atomic mass is 9.78. The summed E-state index contributed by atoms with van der Waals surface area (Å²) in [5.41, 5.74) is 9.11. The predicted molar refractivity (Wildman–Crippen MR) is 79.8 cm³/mol. The lowest BCUT2D eigenvalue weighted by Crippen LogP contribution is -2.32. The molecule has 18 heavy (non-hydrogen) atoms. The Balaban J connectivity index is 2.28. The van der Waals surface area contributed by atoms with Gasteiger partial charge in [-0.25, -0.2) is 0 Å². The maximum absolute atomic E-state index is 6.13. The lowest BCUT2D eigenvalue weighted by molar-refractivity contribution is 0.455. The number of nitrogens with zero attached hydrogens (tertiary/aromatic N) is 1. The monoisotopic (exact) mass is 306 g/mol. The summed E-state index contributed by atoms with van der Waals surface area (Å²) in [7, 11) is 2.12. The van der Waals surface area contributed by atoms with Gasteiger partial charge in [-0.1, -0.05) is 31.0 Å². The molecule has 2 aromatic rings. The Morgan fingerprint density at radius 3 is 2.72 bits per heavy atom. The fourth-order valence-corrected chi connectivity index (χ4v) is 4.11. The molecular formula is C15H19BrN2. The van der Waals surface area contributed by atoms with Crippen LogP contribution in [0.2, 0.25) is 0 Å². The number of hydrogen-bond donors (Lipinski definition) is 1. The largest absolute Gasteiger partial charge is 0.349 e. The van der Waals surface area contributed by atoms with Crippen molar-refractivity contribution in [3.8, 4) is 0 Å². The number of nitrogens with two attached hydrogens (primary N) is 1. The van der Waals surface area contributed by atoms with Crippen LogP contribution < -0.4 is 5.73 Å². The molecule has 1 saturated carbocycles. The highest BCUT2D eigenvalue weighted by Gasteiger charge is 2.36. The first kappa shape index (κ1) is 12.2. The van der Waals surface area contributed by atoms with Crippen LogP contribution in [0.3, 0.4) is 0 Å². The second-order valence-corrected chi connectivity index (χ2v) is 6.34.